The molecule has 0 saturated carbocycles. The highest BCUT2D eigenvalue weighted by atomic mass is 16.1. The summed E-state index contributed by atoms with van der Waals surface area (Å²) in [6, 6.07) is 0.503. The van der Waals surface area contributed by atoms with Crippen LogP contribution in [0.15, 0.2) is 0 Å². The van der Waals surface area contributed by atoms with Crippen molar-refractivity contribution in [1.29, 1.82) is 0 Å². The van der Waals surface area contributed by atoms with Gasteiger partial charge < -0.3 is 11.1 Å². The first kappa shape index (κ1) is 11.5. The quantitative estimate of drug-likeness (QED) is 0.715. The maximum absolute atomic E-state index is 11.0. The summed E-state index contributed by atoms with van der Waals surface area (Å²) in [5.74, 6) is 0.722. The Morgan fingerprint density at radius 3 is 2.86 bits per heavy atom. The summed E-state index contributed by atoms with van der Waals surface area (Å²) in [5.41, 5.74) is 5.32. The van der Waals surface area contributed by atoms with Crippen molar-refractivity contribution in [2.75, 3.05) is 6.54 Å². The third-order valence-electron chi connectivity index (χ3n) is 2.99. The van der Waals surface area contributed by atoms with Crippen LogP contribution in [0.4, 0.5) is 0 Å². The van der Waals surface area contributed by atoms with Crippen LogP contribution in [-0.4, -0.2) is 18.5 Å². The molecule has 3 heteroatoms. The summed E-state index contributed by atoms with van der Waals surface area (Å²) >= 11 is 0. The normalized spacial score (nSPS) is 27.9. The van der Waals surface area contributed by atoms with Crippen molar-refractivity contribution in [3.05, 3.63) is 0 Å². The Morgan fingerprint density at radius 1 is 1.57 bits per heavy atom. The lowest BCUT2D eigenvalue weighted by atomic mass is 9.88. The standard InChI is InChI=1S/C11H22N2O/c1-8(2)3-4-10-7-9(11(12)14)5-6-13-10/h8-10,13H,3-7H2,1-2H3,(H2,12,14). The van der Waals surface area contributed by atoms with Gasteiger partial charge in [0.1, 0.15) is 0 Å². The van der Waals surface area contributed by atoms with Crippen LogP contribution in [-0.2, 0) is 4.79 Å². The van der Waals surface area contributed by atoms with E-state index < -0.39 is 0 Å². The minimum atomic E-state index is -0.124. The van der Waals surface area contributed by atoms with Gasteiger partial charge in [-0.15, -0.1) is 0 Å². The lowest BCUT2D eigenvalue weighted by Crippen LogP contribution is -2.42. The van der Waals surface area contributed by atoms with Crippen molar-refractivity contribution in [2.45, 2.75) is 45.6 Å². The van der Waals surface area contributed by atoms with Gasteiger partial charge in [0.15, 0.2) is 0 Å². The summed E-state index contributed by atoms with van der Waals surface area (Å²) in [6.45, 7) is 5.40. The summed E-state index contributed by atoms with van der Waals surface area (Å²) < 4.78 is 0. The zero-order valence-electron chi connectivity index (χ0n) is 9.25. The lowest BCUT2D eigenvalue weighted by molar-refractivity contribution is -0.122. The molecule has 0 aliphatic carbocycles. The first-order chi connectivity index (χ1) is 6.59. The second kappa shape index (κ2) is 5.35. The van der Waals surface area contributed by atoms with Crippen LogP contribution in [0.5, 0.6) is 0 Å². The van der Waals surface area contributed by atoms with Crippen molar-refractivity contribution in [2.24, 2.45) is 17.6 Å². The molecule has 1 heterocycles. The van der Waals surface area contributed by atoms with Crippen molar-refractivity contribution in [3.8, 4) is 0 Å². The highest BCUT2D eigenvalue weighted by Crippen LogP contribution is 2.20. The Bertz CT molecular complexity index is 192. The molecule has 1 saturated heterocycles. The van der Waals surface area contributed by atoms with Gasteiger partial charge in [-0.2, -0.15) is 0 Å². The fraction of sp³-hybridized carbons (Fsp3) is 0.909. The first-order valence-electron chi connectivity index (χ1n) is 5.62. The number of piperidine rings is 1. The van der Waals surface area contributed by atoms with E-state index in [1.807, 2.05) is 0 Å². The molecule has 2 atom stereocenters. The van der Waals surface area contributed by atoms with Crippen LogP contribution in [0.3, 0.4) is 0 Å². The van der Waals surface area contributed by atoms with Crippen LogP contribution in [0.25, 0.3) is 0 Å². The summed E-state index contributed by atoms with van der Waals surface area (Å²) in [7, 11) is 0. The molecule has 0 radical (unpaired) electrons. The molecule has 14 heavy (non-hydrogen) atoms. The molecule has 0 bridgehead atoms. The zero-order valence-corrected chi connectivity index (χ0v) is 9.25. The Kier molecular flexibility index (Phi) is 4.39. The average molecular weight is 198 g/mol. The van der Waals surface area contributed by atoms with E-state index in [0.29, 0.717) is 6.04 Å². The molecule has 0 aromatic carbocycles. The van der Waals surface area contributed by atoms with Gasteiger partial charge in [-0.3, -0.25) is 4.79 Å². The second-order valence-electron chi connectivity index (χ2n) is 4.75. The molecule has 3 N–H and O–H groups in total. The molecule has 1 fully saturated rings. The Balaban J connectivity index is 2.29. The summed E-state index contributed by atoms with van der Waals surface area (Å²) in [6.07, 6.45) is 4.24. The van der Waals surface area contributed by atoms with Crippen molar-refractivity contribution < 1.29 is 4.79 Å². The molecule has 1 amide bonds. The highest BCUT2D eigenvalue weighted by molar-refractivity contribution is 5.76. The van der Waals surface area contributed by atoms with Gasteiger partial charge >= 0.3 is 0 Å². The zero-order chi connectivity index (χ0) is 10.6. The fourth-order valence-corrected chi connectivity index (χ4v) is 2.02. The molecule has 82 valence electrons. The predicted octanol–water partition coefficient (Wildman–Crippen LogP) is 1.28. The summed E-state index contributed by atoms with van der Waals surface area (Å²) in [5, 5.41) is 3.45. The number of carbonyl (C=O) groups is 1. The molecule has 1 aliphatic rings. The predicted molar refractivity (Wildman–Crippen MR) is 57.8 cm³/mol. The highest BCUT2D eigenvalue weighted by Gasteiger charge is 2.24. The average Bonchev–Trinajstić information content (AvgIpc) is 2.15. The van der Waals surface area contributed by atoms with Crippen LogP contribution < -0.4 is 11.1 Å². The van der Waals surface area contributed by atoms with E-state index in [0.717, 1.165) is 25.3 Å². The third kappa shape index (κ3) is 3.66. The Morgan fingerprint density at radius 2 is 2.29 bits per heavy atom. The van der Waals surface area contributed by atoms with Crippen LogP contribution in [0.2, 0.25) is 0 Å². The first-order valence-corrected chi connectivity index (χ1v) is 5.62. The molecular weight excluding hydrogens is 176 g/mol. The largest absolute Gasteiger partial charge is 0.369 e. The van der Waals surface area contributed by atoms with E-state index in [1.165, 1.54) is 12.8 Å². The molecule has 0 spiro atoms. The molecule has 1 aliphatic heterocycles. The third-order valence-corrected chi connectivity index (χ3v) is 2.99. The number of primary amides is 1. The monoisotopic (exact) mass is 198 g/mol. The van der Waals surface area contributed by atoms with Crippen molar-refractivity contribution >= 4 is 5.91 Å². The van der Waals surface area contributed by atoms with E-state index in [1.54, 1.807) is 0 Å². The number of amides is 1. The van der Waals surface area contributed by atoms with Crippen LogP contribution in [0, 0.1) is 11.8 Å². The maximum atomic E-state index is 11.0. The number of nitrogens with two attached hydrogens (primary N) is 1. The smallest absolute Gasteiger partial charge is 0.220 e. The minimum Gasteiger partial charge on any atom is -0.369 e. The van der Waals surface area contributed by atoms with Crippen molar-refractivity contribution in [3.63, 3.8) is 0 Å². The van der Waals surface area contributed by atoms with Gasteiger partial charge in [0.25, 0.3) is 0 Å². The van der Waals surface area contributed by atoms with Gasteiger partial charge in [0.05, 0.1) is 0 Å². The van der Waals surface area contributed by atoms with E-state index in [-0.39, 0.29) is 11.8 Å². The van der Waals surface area contributed by atoms with Gasteiger partial charge in [-0.1, -0.05) is 13.8 Å². The molecular formula is C11H22N2O. The molecule has 2 unspecified atom stereocenters. The molecule has 1 rings (SSSR count). The van der Waals surface area contributed by atoms with Gasteiger partial charge in [-0.05, 0) is 38.1 Å². The minimum absolute atomic E-state index is 0.105. The summed E-state index contributed by atoms with van der Waals surface area (Å²) in [4.78, 5) is 11.0. The van der Waals surface area contributed by atoms with E-state index in [4.69, 9.17) is 5.73 Å². The lowest BCUT2D eigenvalue weighted by Gasteiger charge is -2.29. The van der Waals surface area contributed by atoms with E-state index in [2.05, 4.69) is 19.2 Å². The topological polar surface area (TPSA) is 55.1 Å². The van der Waals surface area contributed by atoms with Crippen LogP contribution >= 0.6 is 0 Å². The van der Waals surface area contributed by atoms with Crippen LogP contribution in [0.1, 0.15) is 39.5 Å². The molecule has 0 aromatic rings. The van der Waals surface area contributed by atoms with E-state index in [9.17, 15) is 4.79 Å². The molecule has 3 nitrogen and oxygen atoms in total. The number of nitrogens with one attached hydrogen (secondary N) is 1. The Hall–Kier alpha value is -0.570. The number of rotatable bonds is 4. The van der Waals surface area contributed by atoms with Gasteiger partial charge in [0.2, 0.25) is 5.91 Å². The van der Waals surface area contributed by atoms with Gasteiger partial charge in [-0.25, -0.2) is 0 Å². The maximum Gasteiger partial charge on any atom is 0.220 e. The fourth-order valence-electron chi connectivity index (χ4n) is 2.02. The van der Waals surface area contributed by atoms with E-state index >= 15 is 0 Å². The number of hydrogen-bond acceptors (Lipinski definition) is 2. The number of carbonyl (C=O) groups excluding carboxylic acids is 1. The second-order valence-corrected chi connectivity index (χ2v) is 4.75. The van der Waals surface area contributed by atoms with Gasteiger partial charge in [0, 0.05) is 12.0 Å². The molecule has 0 aromatic heterocycles. The SMILES string of the molecule is CC(C)CCC1CC(C(N)=O)CCN1. The van der Waals surface area contributed by atoms with Crippen molar-refractivity contribution in [1.82, 2.24) is 5.32 Å². The number of hydrogen-bond donors (Lipinski definition) is 2. The Labute approximate surface area is 86.4 Å².